The monoisotopic (exact) mass is 518 g/mol. The number of hydrogen-bond acceptors (Lipinski definition) is 8. The van der Waals surface area contributed by atoms with Gasteiger partial charge in [-0.3, -0.25) is 5.43 Å². The molecular formula is C16H12FIN4OS3. The molecule has 0 radical (unpaired) electrons. The first-order valence-corrected chi connectivity index (χ1v) is 12.9. The van der Waals surface area contributed by atoms with E-state index in [1.54, 1.807) is 50.4 Å². The topological polar surface area (TPSA) is 59.4 Å². The molecule has 0 spiro atoms. The Hall–Kier alpha value is -1.11. The number of hydrogen-bond donors (Lipinski definition) is 1. The number of thioether (sulfide) groups is 1. The van der Waals surface area contributed by atoms with Crippen LogP contribution in [0.5, 0.6) is 0 Å². The van der Waals surface area contributed by atoms with Gasteiger partial charge in [0.25, 0.3) is 0 Å². The molecule has 5 nitrogen and oxygen atoms in total. The number of aromatic nitrogens is 2. The van der Waals surface area contributed by atoms with Crippen LogP contribution in [0.25, 0.3) is 10.3 Å². The number of rotatable bonds is 5. The molecule has 2 aromatic heterocycles. The summed E-state index contributed by atoms with van der Waals surface area (Å²) >= 11 is 5.43. The summed E-state index contributed by atoms with van der Waals surface area (Å²) in [6.45, 7) is 0. The molecule has 1 N–H and O–H groups in total. The lowest BCUT2D eigenvalue weighted by Crippen LogP contribution is -2.24. The number of hydrazone groups is 1. The molecular weight excluding hydrogens is 506 g/mol. The number of ether oxygens (including phenoxy) is 1. The van der Waals surface area contributed by atoms with E-state index in [0.717, 1.165) is 30.7 Å². The number of nitrogens with one attached hydrogen (secondary N) is 1. The van der Waals surface area contributed by atoms with Gasteiger partial charge in [0.1, 0.15) is 16.2 Å². The molecule has 4 rings (SSSR count). The smallest absolute Gasteiger partial charge is 0.242 e. The largest absolute Gasteiger partial charge is 0.450 e. The zero-order valence-corrected chi connectivity index (χ0v) is 18.0. The second kappa shape index (κ2) is 7.87. The minimum absolute atomic E-state index is 0.248. The third-order valence-corrected chi connectivity index (χ3v) is 7.58. The van der Waals surface area contributed by atoms with E-state index in [1.165, 1.54) is 12.1 Å². The summed E-state index contributed by atoms with van der Waals surface area (Å²) in [6.07, 6.45) is 4.08. The zero-order chi connectivity index (χ0) is 18.1. The van der Waals surface area contributed by atoms with Crippen molar-refractivity contribution >= 4 is 69.5 Å². The van der Waals surface area contributed by atoms with Crippen LogP contribution in [0.3, 0.4) is 0 Å². The lowest BCUT2D eigenvalue weighted by molar-refractivity contribution is 0.188. The van der Waals surface area contributed by atoms with Gasteiger partial charge in [0, 0.05) is 33.8 Å². The number of fused-ring (bicyclic) bond motifs is 1. The Balaban J connectivity index is 1.57. The van der Waals surface area contributed by atoms with E-state index in [2.05, 4.69) is 41.7 Å². The van der Waals surface area contributed by atoms with Gasteiger partial charge in [-0.1, -0.05) is 35.2 Å². The van der Waals surface area contributed by atoms with Gasteiger partial charge >= 0.3 is 0 Å². The molecule has 26 heavy (non-hydrogen) atoms. The fourth-order valence-electron chi connectivity index (χ4n) is 2.52. The third-order valence-electron chi connectivity index (χ3n) is 3.74. The fourth-order valence-corrected chi connectivity index (χ4v) is 5.76. The summed E-state index contributed by atoms with van der Waals surface area (Å²) in [4.78, 5) is 11.1. The van der Waals surface area contributed by atoms with Gasteiger partial charge in [0.15, 0.2) is 10.6 Å². The van der Waals surface area contributed by atoms with E-state index in [4.69, 9.17) is 4.74 Å². The zero-order valence-electron chi connectivity index (χ0n) is 13.4. The Kier molecular flexibility index (Phi) is 5.53. The van der Waals surface area contributed by atoms with Crippen LogP contribution < -0.4 is 5.43 Å². The van der Waals surface area contributed by atoms with Crippen LogP contribution in [-0.2, 0) is 11.2 Å². The number of pyridine rings is 1. The Morgan fingerprint density at radius 1 is 1.35 bits per heavy atom. The minimum atomic E-state index is -0.296. The van der Waals surface area contributed by atoms with E-state index in [0.29, 0.717) is 12.3 Å². The van der Waals surface area contributed by atoms with Gasteiger partial charge in [0.05, 0.1) is 10.5 Å². The van der Waals surface area contributed by atoms with Crippen LogP contribution in [0.4, 0.5) is 4.39 Å². The maximum absolute atomic E-state index is 13.0. The molecule has 3 heterocycles. The van der Waals surface area contributed by atoms with Gasteiger partial charge in [-0.25, -0.2) is 14.4 Å². The molecule has 1 atom stereocenters. The van der Waals surface area contributed by atoms with Crippen molar-refractivity contribution in [1.29, 1.82) is 0 Å². The van der Waals surface area contributed by atoms with Crippen molar-refractivity contribution in [1.82, 2.24) is 15.4 Å². The normalized spacial score (nSPS) is 16.4. The Bertz CT molecular complexity index is 980. The van der Waals surface area contributed by atoms with Crippen LogP contribution in [0.1, 0.15) is 11.1 Å². The van der Waals surface area contributed by atoms with Crippen molar-refractivity contribution in [2.75, 3.05) is 6.26 Å². The molecule has 1 unspecified atom stereocenters. The third kappa shape index (κ3) is 3.64. The summed E-state index contributed by atoms with van der Waals surface area (Å²) < 4.78 is 20.0. The van der Waals surface area contributed by atoms with Crippen LogP contribution in [0.2, 0.25) is 0 Å². The molecule has 0 aliphatic carbocycles. The lowest BCUT2D eigenvalue weighted by atomic mass is 10.1. The molecule has 10 heteroatoms. The van der Waals surface area contributed by atoms with Crippen LogP contribution >= 0.6 is 53.2 Å². The highest BCUT2D eigenvalue weighted by Crippen LogP contribution is 2.38. The molecule has 1 aromatic carbocycles. The van der Waals surface area contributed by atoms with Crippen molar-refractivity contribution in [3.8, 4) is 0 Å². The van der Waals surface area contributed by atoms with Crippen molar-refractivity contribution in [3.63, 3.8) is 0 Å². The predicted molar refractivity (Wildman–Crippen MR) is 114 cm³/mol. The molecule has 0 saturated heterocycles. The first-order valence-electron chi connectivity index (χ1n) is 7.54. The van der Waals surface area contributed by atoms with Crippen LogP contribution in [0.15, 0.2) is 44.8 Å². The highest BCUT2D eigenvalue weighted by Gasteiger charge is 2.25. The minimum Gasteiger partial charge on any atom is -0.450 e. The van der Waals surface area contributed by atoms with Crippen LogP contribution in [-0.4, -0.2) is 28.3 Å². The van der Waals surface area contributed by atoms with E-state index < -0.39 is 0 Å². The Morgan fingerprint density at radius 3 is 2.88 bits per heavy atom. The molecule has 0 amide bonds. The summed E-state index contributed by atoms with van der Waals surface area (Å²) in [5, 5.41) is 4.33. The van der Waals surface area contributed by atoms with Crippen LogP contribution in [0, 0.1) is 5.82 Å². The average Bonchev–Trinajstić information content (AvgIpc) is 3.29. The first-order chi connectivity index (χ1) is 12.7. The second-order valence-electron chi connectivity index (χ2n) is 5.40. The highest BCUT2D eigenvalue weighted by molar-refractivity contribution is 14.2. The Labute approximate surface area is 173 Å². The van der Waals surface area contributed by atoms with E-state index in [-0.39, 0.29) is 12.0 Å². The standard InChI is InChI=1S/C16H12FIN4OS3/c1-24-16-20-12-13(26-18)10(7-19-15(12)25-16)14-22-21-11(23-14)6-8-2-4-9(17)5-3-8/h2-5,7,11,21H,6H2,1H3. The van der Waals surface area contributed by atoms with Gasteiger partial charge in [-0.15, -0.1) is 5.10 Å². The van der Waals surface area contributed by atoms with Gasteiger partial charge in [-0.2, -0.15) is 0 Å². The SMILES string of the molecule is CSc1nc2c(SI)c(C3=NNC(Cc4ccc(F)cc4)O3)cnc2s1. The number of nitrogens with zero attached hydrogens (tertiary/aromatic N) is 3. The molecule has 0 saturated carbocycles. The van der Waals surface area contributed by atoms with E-state index in [9.17, 15) is 4.39 Å². The first kappa shape index (κ1) is 18.3. The van der Waals surface area contributed by atoms with Gasteiger partial charge in [-0.05, 0) is 32.9 Å². The quantitative estimate of drug-likeness (QED) is 0.385. The van der Waals surface area contributed by atoms with Crippen molar-refractivity contribution in [2.45, 2.75) is 21.9 Å². The second-order valence-corrected chi connectivity index (χ2v) is 9.31. The van der Waals surface area contributed by atoms with Crippen molar-refractivity contribution in [2.24, 2.45) is 5.10 Å². The lowest BCUT2D eigenvalue weighted by Gasteiger charge is -2.12. The summed E-state index contributed by atoms with van der Waals surface area (Å²) in [5.41, 5.74) is 5.67. The van der Waals surface area contributed by atoms with Gasteiger partial charge in [0.2, 0.25) is 5.90 Å². The van der Waals surface area contributed by atoms with Crippen molar-refractivity contribution in [3.05, 3.63) is 47.4 Å². The summed E-state index contributed by atoms with van der Waals surface area (Å²) in [7, 11) is 1.58. The summed E-state index contributed by atoms with van der Waals surface area (Å²) in [5.74, 6) is 0.256. The van der Waals surface area contributed by atoms with E-state index in [1.807, 2.05) is 6.26 Å². The highest BCUT2D eigenvalue weighted by atomic mass is 127. The van der Waals surface area contributed by atoms with E-state index >= 15 is 0 Å². The van der Waals surface area contributed by atoms with Crippen molar-refractivity contribution < 1.29 is 9.13 Å². The fraction of sp³-hybridized carbons (Fsp3) is 0.188. The number of benzene rings is 1. The Morgan fingerprint density at radius 2 is 2.15 bits per heavy atom. The number of halogens is 2. The molecule has 3 aromatic rings. The molecule has 0 bridgehead atoms. The van der Waals surface area contributed by atoms with Gasteiger partial charge < -0.3 is 4.74 Å². The number of thiazole rings is 1. The maximum Gasteiger partial charge on any atom is 0.242 e. The predicted octanol–water partition coefficient (Wildman–Crippen LogP) is 4.84. The maximum atomic E-state index is 13.0. The molecule has 134 valence electrons. The summed E-state index contributed by atoms with van der Waals surface area (Å²) in [6, 6.07) is 6.38. The molecule has 1 aliphatic rings. The molecule has 0 fully saturated rings. The average molecular weight is 518 g/mol. The molecule has 1 aliphatic heterocycles.